The highest BCUT2D eigenvalue weighted by Gasteiger charge is 2.35. The first-order chi connectivity index (χ1) is 11.0. The predicted molar refractivity (Wildman–Crippen MR) is 58.5 cm³/mol. The minimum atomic E-state index is -2.70. The van der Waals surface area contributed by atoms with Gasteiger partial charge in [0.1, 0.15) is 5.56 Å². The number of carboxylic acid groups (broad SMARTS) is 1. The molecule has 0 aliphatic carbocycles. The fraction of sp³-hybridized carbons (Fsp3) is 0. The van der Waals surface area contributed by atoms with Crippen molar-refractivity contribution in [3.63, 3.8) is 0 Å². The van der Waals surface area contributed by atoms with Crippen molar-refractivity contribution < 1.29 is 49.4 Å². The summed E-state index contributed by atoms with van der Waals surface area (Å²) in [7, 11) is 0. The summed E-state index contributed by atoms with van der Waals surface area (Å²) < 4.78 is 121. The Balaban J connectivity index is 3.04. The Kier molecular flexibility index (Phi) is 4.21. The first-order valence-electron chi connectivity index (χ1n) is 5.63. The van der Waals surface area contributed by atoms with Crippen LogP contribution in [0, 0.1) is 52.4 Å². The zero-order chi connectivity index (χ0) is 18.5. The minimum Gasteiger partial charge on any atom is -0.477 e. The van der Waals surface area contributed by atoms with Gasteiger partial charge in [0, 0.05) is 0 Å². The second kappa shape index (κ2) is 5.73. The Bertz CT molecular complexity index is 834. The molecule has 2 rings (SSSR count). The average molecular weight is 360 g/mol. The topological polar surface area (TPSA) is 37.3 Å². The van der Waals surface area contributed by atoms with Gasteiger partial charge < -0.3 is 5.11 Å². The van der Waals surface area contributed by atoms with Crippen molar-refractivity contribution >= 4 is 5.97 Å². The molecule has 1 N–H and O–H groups in total. The lowest BCUT2D eigenvalue weighted by atomic mass is 9.99. The lowest BCUT2D eigenvalue weighted by molar-refractivity contribution is 0.0683. The van der Waals surface area contributed by atoms with E-state index in [4.69, 9.17) is 5.11 Å². The van der Waals surface area contributed by atoms with E-state index in [1.165, 1.54) is 0 Å². The Morgan fingerprint density at radius 2 is 0.750 bits per heavy atom. The standard InChI is InChI=1S/C13HF9O2/c14-4-1(5(15)9(19)3(8(4)18)13(23)24)2-6(16)10(20)12(22)11(21)7(2)17/h(H,23,24). The molecule has 0 saturated carbocycles. The molecule has 0 radical (unpaired) electrons. The third-order valence-electron chi connectivity index (χ3n) is 2.94. The fourth-order valence-electron chi connectivity index (χ4n) is 1.86. The van der Waals surface area contributed by atoms with Crippen LogP contribution in [-0.4, -0.2) is 11.1 Å². The van der Waals surface area contributed by atoms with E-state index in [-0.39, 0.29) is 0 Å². The highest BCUT2D eigenvalue weighted by molar-refractivity contribution is 5.89. The molecule has 24 heavy (non-hydrogen) atoms. The summed E-state index contributed by atoms with van der Waals surface area (Å²) in [6.45, 7) is 0. The molecule has 0 heterocycles. The number of carbonyl (C=O) groups is 1. The van der Waals surface area contributed by atoms with E-state index >= 15 is 0 Å². The Morgan fingerprint density at radius 3 is 1.04 bits per heavy atom. The smallest absolute Gasteiger partial charge is 0.341 e. The van der Waals surface area contributed by atoms with E-state index in [2.05, 4.69) is 0 Å². The first-order valence-corrected chi connectivity index (χ1v) is 5.63. The van der Waals surface area contributed by atoms with Crippen molar-refractivity contribution in [3.8, 4) is 11.1 Å². The molecule has 0 amide bonds. The summed E-state index contributed by atoms with van der Waals surface area (Å²) in [6, 6.07) is 0. The molecule has 11 heteroatoms. The molecule has 2 aromatic rings. The summed E-state index contributed by atoms with van der Waals surface area (Å²) in [5, 5.41) is 8.46. The molecule has 0 unspecified atom stereocenters. The first kappa shape index (κ1) is 17.6. The average Bonchev–Trinajstić information content (AvgIpc) is 2.52. The molecular weight excluding hydrogens is 359 g/mol. The van der Waals surface area contributed by atoms with Crippen molar-refractivity contribution in [2.45, 2.75) is 0 Å². The van der Waals surface area contributed by atoms with Crippen molar-refractivity contribution in [1.29, 1.82) is 0 Å². The van der Waals surface area contributed by atoms with Gasteiger partial charge in [-0.15, -0.1) is 0 Å². The molecule has 0 atom stereocenters. The SMILES string of the molecule is O=C(O)c1c(F)c(F)c(-c2c(F)c(F)c(F)c(F)c2F)c(F)c1F. The Labute approximate surface area is 125 Å². The number of carboxylic acids is 1. The van der Waals surface area contributed by atoms with Crippen molar-refractivity contribution in [1.82, 2.24) is 0 Å². The van der Waals surface area contributed by atoms with Crippen LogP contribution in [0.3, 0.4) is 0 Å². The second-order valence-electron chi connectivity index (χ2n) is 4.26. The molecule has 0 aromatic heterocycles. The maximum Gasteiger partial charge on any atom is 0.341 e. The van der Waals surface area contributed by atoms with Gasteiger partial charge in [0.25, 0.3) is 0 Å². The molecule has 2 nitrogen and oxygen atoms in total. The normalized spacial score (nSPS) is 11.0. The van der Waals surface area contributed by atoms with E-state index in [0.29, 0.717) is 0 Å². The van der Waals surface area contributed by atoms with Crippen LogP contribution in [0.1, 0.15) is 10.4 Å². The summed E-state index contributed by atoms with van der Waals surface area (Å²) >= 11 is 0. The highest BCUT2D eigenvalue weighted by atomic mass is 19.2. The van der Waals surface area contributed by atoms with Gasteiger partial charge in [0.05, 0.1) is 11.1 Å². The molecule has 128 valence electrons. The monoisotopic (exact) mass is 360 g/mol. The largest absolute Gasteiger partial charge is 0.477 e. The van der Waals surface area contributed by atoms with Gasteiger partial charge in [-0.05, 0) is 0 Å². The fourth-order valence-corrected chi connectivity index (χ4v) is 1.86. The van der Waals surface area contributed by atoms with Gasteiger partial charge in [-0.2, -0.15) is 0 Å². The van der Waals surface area contributed by atoms with Gasteiger partial charge in [-0.1, -0.05) is 0 Å². The van der Waals surface area contributed by atoms with E-state index in [0.717, 1.165) is 0 Å². The number of hydrogen-bond acceptors (Lipinski definition) is 1. The molecular formula is C13HF9O2. The lowest BCUT2D eigenvalue weighted by Gasteiger charge is -2.12. The van der Waals surface area contributed by atoms with E-state index in [9.17, 15) is 44.3 Å². The predicted octanol–water partition coefficient (Wildman–Crippen LogP) is 4.30. The molecule has 0 aliphatic heterocycles. The summed E-state index contributed by atoms with van der Waals surface area (Å²) in [5.74, 6) is -26.3. The van der Waals surface area contributed by atoms with Crippen LogP contribution < -0.4 is 0 Å². The van der Waals surface area contributed by atoms with Crippen LogP contribution in [0.5, 0.6) is 0 Å². The van der Waals surface area contributed by atoms with E-state index in [1.54, 1.807) is 0 Å². The molecule has 0 spiro atoms. The van der Waals surface area contributed by atoms with E-state index in [1.807, 2.05) is 0 Å². The molecule has 0 fully saturated rings. The summed E-state index contributed by atoms with van der Waals surface area (Å²) in [4.78, 5) is 10.6. The molecule has 0 aliphatic rings. The van der Waals surface area contributed by atoms with Crippen LogP contribution in [0.4, 0.5) is 39.5 Å². The number of halogens is 9. The van der Waals surface area contributed by atoms with Gasteiger partial charge >= 0.3 is 5.97 Å². The maximum absolute atomic E-state index is 13.8. The highest BCUT2D eigenvalue weighted by Crippen LogP contribution is 2.37. The Hall–Kier alpha value is -2.72. The van der Waals surface area contributed by atoms with E-state index < -0.39 is 75.0 Å². The number of aromatic carboxylic acids is 1. The zero-order valence-corrected chi connectivity index (χ0v) is 10.8. The second-order valence-corrected chi connectivity index (χ2v) is 4.26. The number of rotatable bonds is 2. The van der Waals surface area contributed by atoms with Crippen LogP contribution in [0.15, 0.2) is 0 Å². The summed E-state index contributed by atoms with van der Waals surface area (Å²) in [5.41, 5.74) is -6.70. The third-order valence-corrected chi connectivity index (χ3v) is 2.94. The van der Waals surface area contributed by atoms with Crippen molar-refractivity contribution in [2.75, 3.05) is 0 Å². The molecule has 0 bridgehead atoms. The Morgan fingerprint density at radius 1 is 0.500 bits per heavy atom. The third kappa shape index (κ3) is 2.27. The van der Waals surface area contributed by atoms with Crippen LogP contribution in [0.2, 0.25) is 0 Å². The minimum absolute atomic E-state index is 2.14. The molecule has 0 saturated heterocycles. The lowest BCUT2D eigenvalue weighted by Crippen LogP contribution is -2.13. The van der Waals surface area contributed by atoms with Gasteiger partial charge in [-0.3, -0.25) is 0 Å². The molecule has 2 aromatic carbocycles. The van der Waals surface area contributed by atoms with Crippen molar-refractivity contribution in [3.05, 3.63) is 57.9 Å². The quantitative estimate of drug-likeness (QED) is 0.493. The van der Waals surface area contributed by atoms with Gasteiger partial charge in [0.15, 0.2) is 46.5 Å². The van der Waals surface area contributed by atoms with Gasteiger partial charge in [-0.25, -0.2) is 44.3 Å². The van der Waals surface area contributed by atoms with Crippen molar-refractivity contribution in [2.24, 2.45) is 0 Å². The van der Waals surface area contributed by atoms with Gasteiger partial charge in [0.2, 0.25) is 5.82 Å². The van der Waals surface area contributed by atoms with Crippen LogP contribution in [0.25, 0.3) is 11.1 Å². The number of benzene rings is 2. The number of hydrogen-bond donors (Lipinski definition) is 1. The maximum atomic E-state index is 13.8. The zero-order valence-electron chi connectivity index (χ0n) is 10.8. The van der Waals surface area contributed by atoms with Crippen LogP contribution >= 0.6 is 0 Å². The van der Waals surface area contributed by atoms with Crippen LogP contribution in [-0.2, 0) is 0 Å². The summed E-state index contributed by atoms with van der Waals surface area (Å²) in [6.07, 6.45) is 0.